The molecule has 0 amide bonds. The normalized spacial score (nSPS) is 4.80. The van der Waals surface area contributed by atoms with Gasteiger partial charge >= 0.3 is 58.2 Å². The van der Waals surface area contributed by atoms with Gasteiger partial charge in [0.1, 0.15) is 0 Å². The first-order chi connectivity index (χ1) is 3.46. The maximum Gasteiger partial charge on any atom is 2.00 e. The van der Waals surface area contributed by atoms with E-state index in [2.05, 4.69) is 0 Å². The SMILES string of the molecule is O=C([O-])[O-].O=C([O-])[O-].[Ca+2].[Pd+2]. The number of carboxylic acid groups (broad SMARTS) is 4. The van der Waals surface area contributed by atoms with Crippen LogP contribution < -0.4 is 20.4 Å². The second-order valence-corrected chi connectivity index (χ2v) is 0.500. The van der Waals surface area contributed by atoms with Crippen molar-refractivity contribution in [1.82, 2.24) is 0 Å². The van der Waals surface area contributed by atoms with Crippen LogP contribution in [0.15, 0.2) is 0 Å². The Morgan fingerprint density at radius 3 is 0.800 bits per heavy atom. The topological polar surface area (TPSA) is 126 Å². The summed E-state index contributed by atoms with van der Waals surface area (Å²) in [7, 11) is 0. The molecule has 0 aliphatic carbocycles. The van der Waals surface area contributed by atoms with Gasteiger partial charge in [0.05, 0.1) is 0 Å². The van der Waals surface area contributed by atoms with Crippen LogP contribution in [0.2, 0.25) is 0 Å². The molecule has 0 saturated carbocycles. The third-order valence-electron chi connectivity index (χ3n) is 0. The minimum Gasteiger partial charge on any atom is -0.652 e. The first-order valence-electron chi connectivity index (χ1n) is 1.22. The van der Waals surface area contributed by atoms with E-state index in [0.29, 0.717) is 0 Å². The number of hydrogen-bond acceptors (Lipinski definition) is 6. The Hall–Kier alpha value is 0.462. The van der Waals surface area contributed by atoms with Crippen molar-refractivity contribution in [2.75, 3.05) is 0 Å². The first kappa shape index (κ1) is 22.4. The largest absolute Gasteiger partial charge is 2.00 e. The van der Waals surface area contributed by atoms with Gasteiger partial charge in [-0.2, -0.15) is 0 Å². The van der Waals surface area contributed by atoms with Crippen LogP contribution in [-0.2, 0) is 20.4 Å². The fourth-order valence-electron chi connectivity index (χ4n) is 0. The van der Waals surface area contributed by atoms with E-state index in [1.165, 1.54) is 0 Å². The van der Waals surface area contributed by atoms with Gasteiger partial charge in [-0.25, -0.2) is 0 Å². The summed E-state index contributed by atoms with van der Waals surface area (Å²) in [5, 5.41) is 33.3. The van der Waals surface area contributed by atoms with Crippen LogP contribution in [0.1, 0.15) is 0 Å². The Labute approximate surface area is 99.5 Å². The second-order valence-electron chi connectivity index (χ2n) is 0.500. The molecule has 0 fully saturated rings. The van der Waals surface area contributed by atoms with Gasteiger partial charge in [0.25, 0.3) is 0 Å². The van der Waals surface area contributed by atoms with Gasteiger partial charge in [0, 0.05) is 0 Å². The summed E-state index contributed by atoms with van der Waals surface area (Å²) >= 11 is 0. The molecule has 0 heterocycles. The van der Waals surface area contributed by atoms with Crippen molar-refractivity contribution in [3.05, 3.63) is 0 Å². The van der Waals surface area contributed by atoms with E-state index in [0.717, 1.165) is 0 Å². The zero-order valence-electron chi connectivity index (χ0n) is 4.47. The molecule has 6 nitrogen and oxygen atoms in total. The van der Waals surface area contributed by atoms with Crippen molar-refractivity contribution >= 4 is 50.0 Å². The van der Waals surface area contributed by atoms with E-state index >= 15 is 0 Å². The van der Waals surface area contributed by atoms with Crippen LogP contribution in [0.4, 0.5) is 9.59 Å². The van der Waals surface area contributed by atoms with Crippen LogP contribution in [0, 0.1) is 0 Å². The van der Waals surface area contributed by atoms with Crippen molar-refractivity contribution in [2.24, 2.45) is 0 Å². The summed E-state index contributed by atoms with van der Waals surface area (Å²) in [4.78, 5) is 16.7. The van der Waals surface area contributed by atoms with Gasteiger partial charge in [-0.1, -0.05) is 0 Å². The van der Waals surface area contributed by atoms with Gasteiger partial charge in [-0.15, -0.1) is 0 Å². The first-order valence-corrected chi connectivity index (χ1v) is 1.22. The molecule has 0 unspecified atom stereocenters. The molecule has 0 N–H and O–H groups in total. The molecule has 0 radical (unpaired) electrons. The van der Waals surface area contributed by atoms with Crippen molar-refractivity contribution in [3.63, 3.8) is 0 Å². The third-order valence-corrected chi connectivity index (χ3v) is 0. The van der Waals surface area contributed by atoms with E-state index in [1.807, 2.05) is 0 Å². The maximum absolute atomic E-state index is 8.33. The zero-order valence-corrected chi connectivity index (χ0v) is 8.24. The minimum absolute atomic E-state index is 0. The fraction of sp³-hybridized carbons (Fsp3) is 0. The molecule has 0 aliphatic heterocycles. The Balaban J connectivity index is -0.0000000300. The van der Waals surface area contributed by atoms with Crippen LogP contribution in [-0.4, -0.2) is 50.0 Å². The molecular weight excluding hydrogens is 267 g/mol. The molecular formula is C2CaO6Pd. The molecule has 0 aliphatic rings. The summed E-state index contributed by atoms with van der Waals surface area (Å²) in [5.41, 5.74) is 0. The molecule has 0 aromatic heterocycles. The molecule has 0 saturated heterocycles. The Morgan fingerprint density at radius 1 is 0.800 bits per heavy atom. The van der Waals surface area contributed by atoms with Crippen molar-refractivity contribution in [1.29, 1.82) is 0 Å². The van der Waals surface area contributed by atoms with E-state index < -0.39 is 12.3 Å². The third kappa shape index (κ3) is 2210. The van der Waals surface area contributed by atoms with Gasteiger partial charge in [-0.3, -0.25) is 0 Å². The van der Waals surface area contributed by atoms with Crippen LogP contribution in [0.25, 0.3) is 0 Å². The number of hydrogen-bond donors (Lipinski definition) is 0. The molecule has 10 heavy (non-hydrogen) atoms. The van der Waals surface area contributed by atoms with Gasteiger partial charge in [0.2, 0.25) is 0 Å². The molecule has 0 rings (SSSR count). The summed E-state index contributed by atoms with van der Waals surface area (Å²) in [6.07, 6.45) is -4.67. The Kier molecular flexibility index (Phi) is 36.4. The molecule has 0 aromatic carbocycles. The Bertz CT molecular complexity index is 73.7. The number of carbonyl (C=O) groups is 2. The quantitative estimate of drug-likeness (QED) is 0.403. The molecule has 0 atom stereocenters. The monoisotopic (exact) mass is 266 g/mol. The zero-order chi connectivity index (χ0) is 7.15. The summed E-state index contributed by atoms with van der Waals surface area (Å²) in [5.74, 6) is 0. The van der Waals surface area contributed by atoms with Crippen LogP contribution in [0.3, 0.4) is 0 Å². The standard InChI is InChI=1S/2CH2O3.Ca.Pd/c2*2-1(3)4;;/h2*(H2,2,3,4);;/q;;2*+2/p-4. The predicted octanol–water partition coefficient (Wildman–Crippen LogP) is -5.28. The predicted molar refractivity (Wildman–Crippen MR) is 16.5 cm³/mol. The fourth-order valence-corrected chi connectivity index (χ4v) is 0. The number of carbonyl (C=O) groups excluding carboxylic acids is 2. The average molecular weight is 267 g/mol. The Morgan fingerprint density at radius 2 is 0.800 bits per heavy atom. The van der Waals surface area contributed by atoms with Gasteiger partial charge < -0.3 is 30.0 Å². The molecule has 56 valence electrons. The van der Waals surface area contributed by atoms with E-state index in [9.17, 15) is 0 Å². The van der Waals surface area contributed by atoms with Crippen LogP contribution in [0.5, 0.6) is 0 Å². The van der Waals surface area contributed by atoms with Crippen molar-refractivity contribution in [3.8, 4) is 0 Å². The summed E-state index contributed by atoms with van der Waals surface area (Å²) in [6, 6.07) is 0. The molecule has 0 spiro atoms. The van der Waals surface area contributed by atoms with E-state index in [4.69, 9.17) is 30.0 Å². The van der Waals surface area contributed by atoms with Crippen molar-refractivity contribution in [2.45, 2.75) is 0 Å². The van der Waals surface area contributed by atoms with Gasteiger partial charge in [0.15, 0.2) is 0 Å². The van der Waals surface area contributed by atoms with Crippen molar-refractivity contribution < 1.29 is 50.4 Å². The maximum atomic E-state index is 8.33. The molecule has 8 heteroatoms. The second kappa shape index (κ2) is 16.2. The molecule has 0 aromatic rings. The number of rotatable bonds is 0. The minimum atomic E-state index is -2.33. The molecule has 0 bridgehead atoms. The van der Waals surface area contributed by atoms with E-state index in [-0.39, 0.29) is 58.2 Å². The summed E-state index contributed by atoms with van der Waals surface area (Å²) in [6.45, 7) is 0. The van der Waals surface area contributed by atoms with E-state index in [1.54, 1.807) is 0 Å². The average Bonchev–Trinajstić information content (AvgIpc) is 1.25. The van der Waals surface area contributed by atoms with Gasteiger partial charge in [-0.05, 0) is 12.3 Å². The smallest absolute Gasteiger partial charge is 0.652 e. The summed E-state index contributed by atoms with van der Waals surface area (Å²) < 4.78 is 0. The van der Waals surface area contributed by atoms with Crippen LogP contribution >= 0.6 is 0 Å².